The van der Waals surface area contributed by atoms with E-state index < -0.39 is 5.97 Å². The minimum atomic E-state index is -0.554. The summed E-state index contributed by atoms with van der Waals surface area (Å²) in [6.45, 7) is 0. The van der Waals surface area contributed by atoms with E-state index in [0.717, 1.165) is 0 Å². The molecule has 3 rings (SSSR count). The van der Waals surface area contributed by atoms with Crippen LogP contribution in [-0.2, 0) is 9.53 Å². The van der Waals surface area contributed by atoms with Gasteiger partial charge in [0, 0.05) is 10.0 Å². The number of nitrogens with zero attached hydrogens (tertiary/aromatic N) is 1. The lowest BCUT2D eigenvalue weighted by Gasteiger charge is -2.07. The summed E-state index contributed by atoms with van der Waals surface area (Å²) in [5.74, 6) is 0.106. The standard InChI is InChI=1S/C17H11Cl2NO3/c1-22-15-7-6-11(18)9-12(15)16-20-14(17(21)23-16)8-10-4-2-3-5-13(10)19/h2-9H,1H3/b14-8-. The van der Waals surface area contributed by atoms with Gasteiger partial charge in [0.2, 0.25) is 5.90 Å². The summed E-state index contributed by atoms with van der Waals surface area (Å²) in [6, 6.07) is 12.2. The van der Waals surface area contributed by atoms with Gasteiger partial charge in [0.15, 0.2) is 5.70 Å². The van der Waals surface area contributed by atoms with Gasteiger partial charge in [0.1, 0.15) is 5.75 Å². The molecule has 23 heavy (non-hydrogen) atoms. The summed E-state index contributed by atoms with van der Waals surface area (Å²) in [7, 11) is 1.52. The Kier molecular flexibility index (Phi) is 4.37. The number of cyclic esters (lactones) is 1. The minimum absolute atomic E-state index is 0.146. The molecule has 0 unspecified atom stereocenters. The van der Waals surface area contributed by atoms with Crippen molar-refractivity contribution in [2.45, 2.75) is 0 Å². The fraction of sp³-hybridized carbons (Fsp3) is 0.0588. The van der Waals surface area contributed by atoms with Crippen LogP contribution in [0.5, 0.6) is 5.75 Å². The SMILES string of the molecule is COc1ccc(Cl)cc1C1=N/C(=C\c2ccccc2Cl)C(=O)O1. The number of hydrogen-bond donors (Lipinski definition) is 0. The van der Waals surface area contributed by atoms with Crippen LogP contribution in [0.3, 0.4) is 0 Å². The van der Waals surface area contributed by atoms with E-state index in [1.165, 1.54) is 7.11 Å². The number of methoxy groups -OCH3 is 1. The maximum Gasteiger partial charge on any atom is 0.363 e. The van der Waals surface area contributed by atoms with Crippen molar-refractivity contribution in [3.63, 3.8) is 0 Å². The monoisotopic (exact) mass is 347 g/mol. The van der Waals surface area contributed by atoms with E-state index in [1.807, 2.05) is 12.1 Å². The molecule has 0 N–H and O–H groups in total. The second-order valence-electron chi connectivity index (χ2n) is 4.70. The van der Waals surface area contributed by atoms with Crippen LogP contribution in [0.4, 0.5) is 0 Å². The highest BCUT2D eigenvalue weighted by molar-refractivity contribution is 6.32. The van der Waals surface area contributed by atoms with Crippen molar-refractivity contribution < 1.29 is 14.3 Å². The topological polar surface area (TPSA) is 47.9 Å². The lowest BCUT2D eigenvalue weighted by molar-refractivity contribution is -0.129. The Morgan fingerprint density at radius 1 is 1.17 bits per heavy atom. The normalized spacial score (nSPS) is 15.5. The van der Waals surface area contributed by atoms with Gasteiger partial charge in [-0.1, -0.05) is 41.4 Å². The molecular weight excluding hydrogens is 337 g/mol. The number of carbonyl (C=O) groups excluding carboxylic acids is 1. The molecule has 0 aliphatic carbocycles. The molecule has 0 fully saturated rings. The Morgan fingerprint density at radius 3 is 2.70 bits per heavy atom. The maximum absolute atomic E-state index is 12.0. The largest absolute Gasteiger partial charge is 0.496 e. The number of ether oxygens (including phenoxy) is 2. The Labute approximate surface area is 143 Å². The summed E-state index contributed by atoms with van der Waals surface area (Å²) >= 11 is 12.1. The molecular formula is C17H11Cl2NO3. The zero-order chi connectivity index (χ0) is 16.4. The van der Waals surface area contributed by atoms with Crippen molar-refractivity contribution in [2.75, 3.05) is 7.11 Å². The zero-order valence-corrected chi connectivity index (χ0v) is 13.6. The molecule has 0 saturated heterocycles. The maximum atomic E-state index is 12.0. The first-order valence-corrected chi connectivity index (χ1v) is 7.45. The number of rotatable bonds is 3. The van der Waals surface area contributed by atoms with Gasteiger partial charge < -0.3 is 9.47 Å². The van der Waals surface area contributed by atoms with Crippen LogP contribution in [0.2, 0.25) is 10.0 Å². The minimum Gasteiger partial charge on any atom is -0.496 e. The van der Waals surface area contributed by atoms with E-state index in [-0.39, 0.29) is 11.6 Å². The number of esters is 1. The van der Waals surface area contributed by atoms with Crippen molar-refractivity contribution in [1.29, 1.82) is 0 Å². The third-order valence-electron chi connectivity index (χ3n) is 3.21. The zero-order valence-electron chi connectivity index (χ0n) is 12.0. The summed E-state index contributed by atoms with van der Waals surface area (Å²) in [5.41, 5.74) is 1.36. The van der Waals surface area contributed by atoms with Crippen LogP contribution in [-0.4, -0.2) is 19.0 Å². The molecule has 4 nitrogen and oxygen atoms in total. The lowest BCUT2D eigenvalue weighted by atomic mass is 10.2. The highest BCUT2D eigenvalue weighted by atomic mass is 35.5. The van der Waals surface area contributed by atoms with Crippen LogP contribution in [0, 0.1) is 0 Å². The van der Waals surface area contributed by atoms with Crippen molar-refractivity contribution in [1.82, 2.24) is 0 Å². The quantitative estimate of drug-likeness (QED) is 0.612. The lowest BCUT2D eigenvalue weighted by Crippen LogP contribution is -2.07. The highest BCUT2D eigenvalue weighted by Crippen LogP contribution is 2.28. The first-order chi connectivity index (χ1) is 11.1. The second kappa shape index (κ2) is 6.44. The van der Waals surface area contributed by atoms with E-state index in [1.54, 1.807) is 36.4 Å². The number of aliphatic imine (C=N–C) groups is 1. The average molecular weight is 348 g/mol. The van der Waals surface area contributed by atoms with Crippen LogP contribution >= 0.6 is 23.2 Å². The van der Waals surface area contributed by atoms with Crippen LogP contribution in [0.15, 0.2) is 53.2 Å². The summed E-state index contributed by atoms with van der Waals surface area (Å²) in [6.07, 6.45) is 1.58. The van der Waals surface area contributed by atoms with Crippen LogP contribution in [0.25, 0.3) is 6.08 Å². The third-order valence-corrected chi connectivity index (χ3v) is 3.79. The smallest absolute Gasteiger partial charge is 0.363 e. The van der Waals surface area contributed by atoms with Gasteiger partial charge in [-0.05, 0) is 35.9 Å². The number of carbonyl (C=O) groups is 1. The highest BCUT2D eigenvalue weighted by Gasteiger charge is 2.26. The van der Waals surface area contributed by atoms with Gasteiger partial charge in [0.25, 0.3) is 0 Å². The van der Waals surface area contributed by atoms with E-state index >= 15 is 0 Å². The molecule has 0 amide bonds. The molecule has 0 bridgehead atoms. The van der Waals surface area contributed by atoms with Crippen LogP contribution < -0.4 is 4.74 Å². The molecule has 116 valence electrons. The predicted octanol–water partition coefficient (Wildman–Crippen LogP) is 4.35. The molecule has 1 aliphatic heterocycles. The molecule has 2 aromatic rings. The molecule has 0 aromatic heterocycles. The number of benzene rings is 2. The van der Waals surface area contributed by atoms with Crippen molar-refractivity contribution in [3.05, 3.63) is 69.3 Å². The summed E-state index contributed by atoms with van der Waals surface area (Å²) in [5, 5.41) is 1.01. The molecule has 6 heteroatoms. The average Bonchev–Trinajstić information content (AvgIpc) is 2.90. The Bertz CT molecular complexity index is 843. The number of hydrogen-bond acceptors (Lipinski definition) is 4. The van der Waals surface area contributed by atoms with Crippen molar-refractivity contribution >= 4 is 41.1 Å². The molecule has 0 radical (unpaired) electrons. The van der Waals surface area contributed by atoms with E-state index in [4.69, 9.17) is 32.7 Å². The Balaban J connectivity index is 2.03. The van der Waals surface area contributed by atoms with Gasteiger partial charge in [-0.15, -0.1) is 0 Å². The second-order valence-corrected chi connectivity index (χ2v) is 5.55. The predicted molar refractivity (Wildman–Crippen MR) is 90.1 cm³/mol. The third kappa shape index (κ3) is 3.23. The first-order valence-electron chi connectivity index (χ1n) is 6.69. The van der Waals surface area contributed by atoms with Gasteiger partial charge in [0.05, 0.1) is 12.7 Å². The first kappa shape index (κ1) is 15.6. The molecule has 0 atom stereocenters. The fourth-order valence-electron chi connectivity index (χ4n) is 2.11. The molecule has 2 aromatic carbocycles. The van der Waals surface area contributed by atoms with E-state index in [2.05, 4.69) is 4.99 Å². The molecule has 0 saturated carbocycles. The van der Waals surface area contributed by atoms with E-state index in [9.17, 15) is 4.79 Å². The van der Waals surface area contributed by atoms with Gasteiger partial charge >= 0.3 is 5.97 Å². The van der Waals surface area contributed by atoms with Crippen molar-refractivity contribution in [2.24, 2.45) is 4.99 Å². The van der Waals surface area contributed by atoms with E-state index in [0.29, 0.717) is 26.9 Å². The fourth-order valence-corrected chi connectivity index (χ4v) is 2.47. The van der Waals surface area contributed by atoms with Gasteiger partial charge in [-0.3, -0.25) is 0 Å². The van der Waals surface area contributed by atoms with Gasteiger partial charge in [-0.25, -0.2) is 9.79 Å². The summed E-state index contributed by atoms with van der Waals surface area (Å²) in [4.78, 5) is 16.3. The molecule has 0 spiro atoms. The van der Waals surface area contributed by atoms with Crippen LogP contribution in [0.1, 0.15) is 11.1 Å². The molecule has 1 aliphatic rings. The Hall–Kier alpha value is -2.30. The van der Waals surface area contributed by atoms with Crippen molar-refractivity contribution in [3.8, 4) is 5.75 Å². The Morgan fingerprint density at radius 2 is 1.96 bits per heavy atom. The number of halogens is 2. The van der Waals surface area contributed by atoms with Gasteiger partial charge in [-0.2, -0.15) is 0 Å². The summed E-state index contributed by atoms with van der Waals surface area (Å²) < 4.78 is 10.5. The molecule has 1 heterocycles.